The number of nitrogens with zero attached hydrogens (tertiary/aromatic N) is 3. The Morgan fingerprint density at radius 2 is 1.70 bits per heavy atom. The summed E-state index contributed by atoms with van der Waals surface area (Å²) < 4.78 is 33.3. The predicted octanol–water partition coefficient (Wildman–Crippen LogP) is 1.73. The highest BCUT2D eigenvalue weighted by atomic mass is 32.2. The third-order valence-electron chi connectivity index (χ3n) is 5.50. The van der Waals surface area contributed by atoms with Crippen LogP contribution in [0.2, 0.25) is 0 Å². The first-order valence-corrected chi connectivity index (χ1v) is 12.2. The van der Waals surface area contributed by atoms with E-state index in [0.29, 0.717) is 43.2 Å². The summed E-state index contributed by atoms with van der Waals surface area (Å²) in [5, 5.41) is 0. The smallest absolute Gasteiger partial charge is 0.262 e. The van der Waals surface area contributed by atoms with Crippen LogP contribution >= 0.6 is 0 Å². The molecule has 1 aliphatic rings. The average Bonchev–Trinajstić information content (AvgIpc) is 3.04. The number of sulfonamides is 1. The van der Waals surface area contributed by atoms with E-state index in [1.165, 1.54) is 31.4 Å². The fourth-order valence-electron chi connectivity index (χ4n) is 3.56. The molecule has 2 amide bonds. The first kappa shape index (κ1) is 24.5. The van der Waals surface area contributed by atoms with Crippen LogP contribution in [0.25, 0.3) is 0 Å². The maximum absolute atomic E-state index is 13.0. The van der Waals surface area contributed by atoms with Gasteiger partial charge in [0.15, 0.2) is 0 Å². The zero-order chi connectivity index (χ0) is 24.0. The molecule has 0 saturated carbocycles. The summed E-state index contributed by atoms with van der Waals surface area (Å²) in [7, 11) is 1.08. The molecule has 0 unspecified atom stereocenters. The van der Waals surface area contributed by atoms with Crippen molar-refractivity contribution in [1.82, 2.24) is 14.7 Å². The number of likely N-dealkylation sites (N-methyl/N-ethyl adjacent to an activating group) is 1. The van der Waals surface area contributed by atoms with Crippen molar-refractivity contribution in [3.8, 4) is 5.75 Å². The fraction of sp³-hybridized carbons (Fsp3) is 0.391. The van der Waals surface area contributed by atoms with Crippen LogP contribution in [0.3, 0.4) is 0 Å². The Kier molecular flexibility index (Phi) is 7.93. The average molecular weight is 475 g/mol. The van der Waals surface area contributed by atoms with Crippen LogP contribution in [0, 0.1) is 0 Å². The molecule has 0 bridgehead atoms. The van der Waals surface area contributed by atoms with Crippen LogP contribution in [-0.2, 0) is 14.8 Å². The van der Waals surface area contributed by atoms with E-state index in [0.717, 1.165) is 13.0 Å². The number of carbonyl (C=O) groups is 2. The highest BCUT2D eigenvalue weighted by molar-refractivity contribution is 7.92. The molecule has 9 nitrogen and oxygen atoms in total. The van der Waals surface area contributed by atoms with Crippen molar-refractivity contribution in [2.24, 2.45) is 0 Å². The molecule has 10 heteroatoms. The molecule has 0 spiro atoms. The first-order chi connectivity index (χ1) is 15.7. The SMILES string of the molecule is COc1ccccc1NS(=O)(=O)c1ccc(C(=O)N2CCCN(CC(=O)N(C)C)CC2)cc1. The van der Waals surface area contributed by atoms with E-state index in [2.05, 4.69) is 9.62 Å². The highest BCUT2D eigenvalue weighted by Gasteiger charge is 2.23. The molecule has 3 rings (SSSR count). The van der Waals surface area contributed by atoms with Crippen molar-refractivity contribution < 1.29 is 22.7 Å². The number of anilines is 1. The van der Waals surface area contributed by atoms with Crippen molar-refractivity contribution in [2.75, 3.05) is 58.7 Å². The molecule has 1 aliphatic heterocycles. The summed E-state index contributed by atoms with van der Waals surface area (Å²) in [4.78, 5) is 30.4. The summed E-state index contributed by atoms with van der Waals surface area (Å²) in [6, 6.07) is 12.6. The molecule has 178 valence electrons. The maximum Gasteiger partial charge on any atom is 0.262 e. The second-order valence-corrected chi connectivity index (χ2v) is 9.72. The minimum atomic E-state index is -3.84. The Labute approximate surface area is 195 Å². The summed E-state index contributed by atoms with van der Waals surface area (Å²) in [6.07, 6.45) is 0.766. The van der Waals surface area contributed by atoms with Crippen molar-refractivity contribution in [3.63, 3.8) is 0 Å². The lowest BCUT2D eigenvalue weighted by Crippen LogP contribution is -2.39. The van der Waals surface area contributed by atoms with E-state index in [9.17, 15) is 18.0 Å². The van der Waals surface area contributed by atoms with E-state index in [1.54, 1.807) is 48.2 Å². The number of hydrogen-bond acceptors (Lipinski definition) is 6. The number of hydrogen-bond donors (Lipinski definition) is 1. The fourth-order valence-corrected chi connectivity index (χ4v) is 4.63. The summed E-state index contributed by atoms with van der Waals surface area (Å²) >= 11 is 0. The highest BCUT2D eigenvalue weighted by Crippen LogP contribution is 2.26. The number of ether oxygens (including phenoxy) is 1. The number of carbonyl (C=O) groups excluding carboxylic acids is 2. The normalized spacial score (nSPS) is 14.9. The third-order valence-corrected chi connectivity index (χ3v) is 6.88. The van der Waals surface area contributed by atoms with Crippen LogP contribution in [0.4, 0.5) is 5.69 Å². The van der Waals surface area contributed by atoms with E-state index >= 15 is 0 Å². The van der Waals surface area contributed by atoms with E-state index in [1.807, 2.05) is 0 Å². The van der Waals surface area contributed by atoms with Gasteiger partial charge in [-0.15, -0.1) is 0 Å². The number of para-hydroxylation sites is 2. The zero-order valence-corrected chi connectivity index (χ0v) is 20.0. The van der Waals surface area contributed by atoms with Gasteiger partial charge in [-0.3, -0.25) is 19.2 Å². The van der Waals surface area contributed by atoms with Crippen LogP contribution in [-0.4, -0.2) is 88.9 Å². The molecule has 2 aromatic rings. The van der Waals surface area contributed by atoms with Gasteiger partial charge in [-0.1, -0.05) is 12.1 Å². The number of amides is 2. The predicted molar refractivity (Wildman–Crippen MR) is 126 cm³/mol. The second-order valence-electron chi connectivity index (χ2n) is 8.04. The molecule has 0 atom stereocenters. The first-order valence-electron chi connectivity index (χ1n) is 10.7. The van der Waals surface area contributed by atoms with Gasteiger partial charge in [0.1, 0.15) is 5.75 Å². The van der Waals surface area contributed by atoms with Gasteiger partial charge in [0.05, 0.1) is 24.2 Å². The molecule has 2 aromatic carbocycles. The van der Waals surface area contributed by atoms with Gasteiger partial charge >= 0.3 is 0 Å². The van der Waals surface area contributed by atoms with E-state index < -0.39 is 10.0 Å². The third kappa shape index (κ3) is 6.23. The summed E-state index contributed by atoms with van der Waals surface area (Å²) in [5.74, 6) is 0.293. The van der Waals surface area contributed by atoms with Crippen molar-refractivity contribution in [2.45, 2.75) is 11.3 Å². The Balaban J connectivity index is 1.65. The van der Waals surface area contributed by atoms with Gasteiger partial charge < -0.3 is 14.5 Å². The minimum absolute atomic E-state index is 0.0355. The Hall–Kier alpha value is -3.11. The number of rotatable bonds is 7. The van der Waals surface area contributed by atoms with Crippen LogP contribution < -0.4 is 9.46 Å². The quantitative estimate of drug-likeness (QED) is 0.656. The lowest BCUT2D eigenvalue weighted by atomic mass is 10.2. The van der Waals surface area contributed by atoms with Gasteiger partial charge in [-0.2, -0.15) is 0 Å². The van der Waals surface area contributed by atoms with Crippen molar-refractivity contribution in [1.29, 1.82) is 0 Å². The Morgan fingerprint density at radius 3 is 2.36 bits per heavy atom. The van der Waals surface area contributed by atoms with Crippen molar-refractivity contribution >= 4 is 27.5 Å². The summed E-state index contributed by atoms with van der Waals surface area (Å²) in [5.41, 5.74) is 0.756. The molecular formula is C23H30N4O5S. The van der Waals surface area contributed by atoms with Gasteiger partial charge in [0, 0.05) is 45.8 Å². The largest absolute Gasteiger partial charge is 0.495 e. The maximum atomic E-state index is 13.0. The molecule has 1 heterocycles. The van der Waals surface area contributed by atoms with E-state index in [-0.39, 0.29) is 16.7 Å². The molecular weight excluding hydrogens is 444 g/mol. The topological polar surface area (TPSA) is 99.3 Å². The lowest BCUT2D eigenvalue weighted by molar-refractivity contribution is -0.129. The van der Waals surface area contributed by atoms with Gasteiger partial charge in [-0.05, 0) is 42.8 Å². The molecule has 0 radical (unpaired) electrons. The van der Waals surface area contributed by atoms with Crippen LogP contribution in [0.15, 0.2) is 53.4 Å². The van der Waals surface area contributed by atoms with Crippen molar-refractivity contribution in [3.05, 3.63) is 54.1 Å². The van der Waals surface area contributed by atoms with Crippen LogP contribution in [0.5, 0.6) is 5.75 Å². The second kappa shape index (κ2) is 10.7. The number of methoxy groups -OCH3 is 1. The van der Waals surface area contributed by atoms with Crippen LogP contribution in [0.1, 0.15) is 16.8 Å². The van der Waals surface area contributed by atoms with E-state index in [4.69, 9.17) is 4.74 Å². The molecule has 0 aromatic heterocycles. The molecule has 1 fully saturated rings. The van der Waals surface area contributed by atoms with Gasteiger partial charge in [0.25, 0.3) is 15.9 Å². The number of nitrogens with one attached hydrogen (secondary N) is 1. The molecule has 1 saturated heterocycles. The lowest BCUT2D eigenvalue weighted by Gasteiger charge is -2.23. The van der Waals surface area contributed by atoms with Gasteiger partial charge in [-0.25, -0.2) is 8.42 Å². The Morgan fingerprint density at radius 1 is 1.00 bits per heavy atom. The number of benzene rings is 2. The standard InChI is InChI=1S/C23H30N4O5S/c1-25(2)22(28)17-26-13-6-14-27(16-15-26)23(29)18-9-11-19(12-10-18)33(30,31)24-20-7-4-5-8-21(20)32-3/h4-5,7-12,24H,6,13-17H2,1-3H3. The molecule has 1 N–H and O–H groups in total. The Bertz CT molecular complexity index is 1090. The molecule has 0 aliphatic carbocycles. The molecule has 33 heavy (non-hydrogen) atoms. The monoisotopic (exact) mass is 474 g/mol. The zero-order valence-electron chi connectivity index (χ0n) is 19.2. The van der Waals surface area contributed by atoms with Gasteiger partial charge in [0.2, 0.25) is 5.91 Å². The minimum Gasteiger partial charge on any atom is -0.495 e. The summed E-state index contributed by atoms with van der Waals surface area (Å²) in [6.45, 7) is 2.78.